The minimum Gasteiger partial charge on any atom is -0.314 e. The first-order valence-corrected chi connectivity index (χ1v) is 5.77. The lowest BCUT2D eigenvalue weighted by Crippen LogP contribution is -2.43. The van der Waals surface area contributed by atoms with Crippen LogP contribution in [0.1, 0.15) is 12.8 Å². The van der Waals surface area contributed by atoms with Crippen molar-refractivity contribution in [1.29, 1.82) is 0 Å². The zero-order valence-electron chi connectivity index (χ0n) is 8.89. The van der Waals surface area contributed by atoms with E-state index < -0.39 is 0 Å². The van der Waals surface area contributed by atoms with E-state index in [-0.39, 0.29) is 0 Å². The Kier molecular flexibility index (Phi) is 3.98. The average Bonchev–Trinajstić information content (AvgIpc) is 2.29. The van der Waals surface area contributed by atoms with Crippen LogP contribution < -0.4 is 10.6 Å². The standard InChI is InChI=1S/C11H21N3/c1-4-12-5-2-11(1)3-8-14-9-6-13-7-10-14/h1,12-13H,2-10H2. The van der Waals surface area contributed by atoms with Gasteiger partial charge in [-0.15, -0.1) is 0 Å². The van der Waals surface area contributed by atoms with E-state index in [1.165, 1.54) is 52.1 Å². The van der Waals surface area contributed by atoms with Crippen LogP contribution in [0, 0.1) is 0 Å². The van der Waals surface area contributed by atoms with Crippen LogP contribution in [0.4, 0.5) is 0 Å². The van der Waals surface area contributed by atoms with Crippen LogP contribution in [0.2, 0.25) is 0 Å². The van der Waals surface area contributed by atoms with Gasteiger partial charge in [-0.3, -0.25) is 0 Å². The maximum Gasteiger partial charge on any atom is 0.0137 e. The smallest absolute Gasteiger partial charge is 0.0137 e. The fourth-order valence-electron chi connectivity index (χ4n) is 2.13. The lowest BCUT2D eigenvalue weighted by molar-refractivity contribution is 0.243. The molecule has 0 aliphatic carbocycles. The molecule has 0 aromatic heterocycles. The summed E-state index contributed by atoms with van der Waals surface area (Å²) in [6.07, 6.45) is 4.90. The Balaban J connectivity index is 1.67. The maximum absolute atomic E-state index is 3.39. The zero-order valence-corrected chi connectivity index (χ0v) is 8.89. The molecule has 0 atom stereocenters. The van der Waals surface area contributed by atoms with Crippen LogP contribution in [0.15, 0.2) is 11.6 Å². The van der Waals surface area contributed by atoms with Crippen molar-refractivity contribution >= 4 is 0 Å². The topological polar surface area (TPSA) is 27.3 Å². The van der Waals surface area contributed by atoms with Crippen molar-refractivity contribution in [3.05, 3.63) is 11.6 Å². The monoisotopic (exact) mass is 195 g/mol. The van der Waals surface area contributed by atoms with Crippen molar-refractivity contribution < 1.29 is 0 Å². The van der Waals surface area contributed by atoms with Gasteiger partial charge in [0.15, 0.2) is 0 Å². The number of hydrogen-bond acceptors (Lipinski definition) is 3. The lowest BCUT2D eigenvalue weighted by atomic mass is 10.1. The van der Waals surface area contributed by atoms with Crippen LogP contribution >= 0.6 is 0 Å². The van der Waals surface area contributed by atoms with Gasteiger partial charge in [0, 0.05) is 39.3 Å². The van der Waals surface area contributed by atoms with Gasteiger partial charge in [-0.2, -0.15) is 0 Å². The third kappa shape index (κ3) is 3.08. The molecular formula is C11H21N3. The van der Waals surface area contributed by atoms with E-state index in [9.17, 15) is 0 Å². The summed E-state index contributed by atoms with van der Waals surface area (Å²) in [6, 6.07) is 0. The highest BCUT2D eigenvalue weighted by molar-refractivity contribution is 5.07. The van der Waals surface area contributed by atoms with Gasteiger partial charge in [-0.05, 0) is 19.4 Å². The first kappa shape index (κ1) is 10.1. The van der Waals surface area contributed by atoms with E-state index in [0.29, 0.717) is 0 Å². The van der Waals surface area contributed by atoms with Gasteiger partial charge < -0.3 is 15.5 Å². The molecule has 2 N–H and O–H groups in total. The largest absolute Gasteiger partial charge is 0.314 e. The quantitative estimate of drug-likeness (QED) is 0.630. The highest BCUT2D eigenvalue weighted by atomic mass is 15.2. The van der Waals surface area contributed by atoms with Gasteiger partial charge in [-0.1, -0.05) is 11.6 Å². The lowest BCUT2D eigenvalue weighted by Gasteiger charge is -2.27. The zero-order chi connectivity index (χ0) is 9.64. The fourth-order valence-corrected chi connectivity index (χ4v) is 2.13. The summed E-state index contributed by atoms with van der Waals surface area (Å²) in [5, 5.41) is 6.74. The Morgan fingerprint density at radius 1 is 1.14 bits per heavy atom. The molecule has 2 rings (SSSR count). The van der Waals surface area contributed by atoms with E-state index in [0.717, 1.165) is 6.54 Å². The second-order valence-electron chi connectivity index (χ2n) is 4.16. The van der Waals surface area contributed by atoms with E-state index in [2.05, 4.69) is 21.6 Å². The van der Waals surface area contributed by atoms with Gasteiger partial charge in [0.25, 0.3) is 0 Å². The minimum atomic E-state index is 1.08. The van der Waals surface area contributed by atoms with Gasteiger partial charge in [0.05, 0.1) is 0 Å². The molecule has 3 nitrogen and oxygen atoms in total. The van der Waals surface area contributed by atoms with Crippen LogP contribution in [0.3, 0.4) is 0 Å². The Morgan fingerprint density at radius 3 is 2.71 bits per heavy atom. The summed E-state index contributed by atoms with van der Waals surface area (Å²) in [5.41, 5.74) is 1.65. The maximum atomic E-state index is 3.39. The first-order chi connectivity index (χ1) is 6.95. The summed E-state index contributed by atoms with van der Waals surface area (Å²) >= 11 is 0. The van der Waals surface area contributed by atoms with Gasteiger partial charge in [0.2, 0.25) is 0 Å². The molecule has 2 aliphatic rings. The second kappa shape index (κ2) is 5.49. The Bertz CT molecular complexity index is 195. The minimum absolute atomic E-state index is 1.08. The van der Waals surface area contributed by atoms with Gasteiger partial charge in [-0.25, -0.2) is 0 Å². The van der Waals surface area contributed by atoms with Crippen molar-refractivity contribution in [3.63, 3.8) is 0 Å². The first-order valence-electron chi connectivity index (χ1n) is 5.77. The average molecular weight is 195 g/mol. The van der Waals surface area contributed by atoms with E-state index in [1.54, 1.807) is 5.57 Å². The number of hydrogen-bond donors (Lipinski definition) is 2. The molecule has 0 bridgehead atoms. The third-order valence-corrected chi connectivity index (χ3v) is 3.12. The van der Waals surface area contributed by atoms with Crippen molar-refractivity contribution in [2.24, 2.45) is 0 Å². The van der Waals surface area contributed by atoms with Crippen LogP contribution in [-0.2, 0) is 0 Å². The predicted molar refractivity (Wildman–Crippen MR) is 59.5 cm³/mol. The molecule has 14 heavy (non-hydrogen) atoms. The molecular weight excluding hydrogens is 174 g/mol. The van der Waals surface area contributed by atoms with Gasteiger partial charge in [0.1, 0.15) is 0 Å². The molecule has 0 radical (unpaired) electrons. The summed E-state index contributed by atoms with van der Waals surface area (Å²) in [7, 11) is 0. The van der Waals surface area contributed by atoms with E-state index in [4.69, 9.17) is 0 Å². The fraction of sp³-hybridized carbons (Fsp3) is 0.818. The Labute approximate surface area is 86.5 Å². The number of piperazine rings is 1. The summed E-state index contributed by atoms with van der Waals surface area (Å²) in [5.74, 6) is 0. The van der Waals surface area contributed by atoms with Crippen LogP contribution in [-0.4, -0.2) is 50.7 Å². The highest BCUT2D eigenvalue weighted by Gasteiger charge is 2.10. The molecule has 0 spiro atoms. The van der Waals surface area contributed by atoms with E-state index in [1.807, 2.05) is 0 Å². The molecule has 2 aliphatic heterocycles. The van der Waals surface area contributed by atoms with Crippen molar-refractivity contribution in [3.8, 4) is 0 Å². The van der Waals surface area contributed by atoms with Gasteiger partial charge >= 0.3 is 0 Å². The Morgan fingerprint density at radius 2 is 2.00 bits per heavy atom. The third-order valence-electron chi connectivity index (χ3n) is 3.12. The summed E-state index contributed by atoms with van der Waals surface area (Å²) < 4.78 is 0. The predicted octanol–water partition coefficient (Wildman–Crippen LogP) is 0.201. The van der Waals surface area contributed by atoms with Crippen LogP contribution in [0.5, 0.6) is 0 Å². The highest BCUT2D eigenvalue weighted by Crippen LogP contribution is 2.10. The number of rotatable bonds is 3. The molecule has 1 saturated heterocycles. The number of nitrogens with one attached hydrogen (secondary N) is 2. The van der Waals surface area contributed by atoms with Crippen molar-refractivity contribution in [1.82, 2.24) is 15.5 Å². The SMILES string of the molecule is C1=C(CCN2CCNCC2)CCNC1. The molecule has 0 aromatic carbocycles. The molecule has 1 fully saturated rings. The normalized spacial score (nSPS) is 24.7. The van der Waals surface area contributed by atoms with Crippen molar-refractivity contribution in [2.75, 3.05) is 45.8 Å². The van der Waals surface area contributed by atoms with E-state index >= 15 is 0 Å². The summed E-state index contributed by atoms with van der Waals surface area (Å²) in [6.45, 7) is 8.30. The Hall–Kier alpha value is -0.380. The van der Waals surface area contributed by atoms with Crippen molar-refractivity contribution in [2.45, 2.75) is 12.8 Å². The molecule has 3 heteroatoms. The molecule has 80 valence electrons. The molecule has 0 saturated carbocycles. The number of nitrogens with zero attached hydrogens (tertiary/aromatic N) is 1. The molecule has 0 unspecified atom stereocenters. The molecule has 0 aromatic rings. The summed E-state index contributed by atoms with van der Waals surface area (Å²) in [4.78, 5) is 2.57. The second-order valence-corrected chi connectivity index (χ2v) is 4.16. The molecule has 0 amide bonds. The molecule has 2 heterocycles. The van der Waals surface area contributed by atoms with Crippen LogP contribution in [0.25, 0.3) is 0 Å².